The maximum absolute atomic E-state index is 11.6. The molecule has 0 aromatic carbocycles. The van der Waals surface area contributed by atoms with Crippen molar-refractivity contribution in [1.82, 2.24) is 10.3 Å². The third-order valence-corrected chi connectivity index (χ3v) is 1.82. The van der Waals surface area contributed by atoms with Gasteiger partial charge in [-0.25, -0.2) is 4.98 Å². The van der Waals surface area contributed by atoms with Crippen LogP contribution in [-0.4, -0.2) is 17.4 Å². The first-order valence-electron chi connectivity index (χ1n) is 4.88. The molecule has 1 heterocycles. The first-order chi connectivity index (χ1) is 6.88. The van der Waals surface area contributed by atoms with E-state index in [1.165, 1.54) is 6.20 Å². The molecule has 0 saturated heterocycles. The van der Waals surface area contributed by atoms with E-state index in [4.69, 9.17) is 5.73 Å². The molecule has 0 saturated carbocycles. The molecule has 0 atom stereocenters. The Kier molecular flexibility index (Phi) is 3.29. The van der Waals surface area contributed by atoms with Crippen molar-refractivity contribution < 1.29 is 4.79 Å². The summed E-state index contributed by atoms with van der Waals surface area (Å²) >= 11 is 0. The molecule has 0 aliphatic carbocycles. The fourth-order valence-corrected chi connectivity index (χ4v) is 1.04. The molecule has 1 aromatic rings. The number of nitrogens with zero attached hydrogens (tertiary/aromatic N) is 1. The molecule has 0 radical (unpaired) electrons. The first kappa shape index (κ1) is 11.5. The van der Waals surface area contributed by atoms with Crippen LogP contribution in [0.25, 0.3) is 0 Å². The predicted molar refractivity (Wildman–Crippen MR) is 60.4 cm³/mol. The van der Waals surface area contributed by atoms with E-state index in [1.54, 1.807) is 12.1 Å². The Morgan fingerprint density at radius 3 is 2.73 bits per heavy atom. The average molecular weight is 207 g/mol. The van der Waals surface area contributed by atoms with Crippen LogP contribution >= 0.6 is 0 Å². The van der Waals surface area contributed by atoms with Gasteiger partial charge in [0.25, 0.3) is 5.91 Å². The summed E-state index contributed by atoms with van der Waals surface area (Å²) in [6.45, 7) is 6.82. The third-order valence-electron chi connectivity index (χ3n) is 1.82. The number of nitrogen functional groups attached to an aromatic ring is 1. The highest BCUT2D eigenvalue weighted by molar-refractivity contribution is 5.94. The van der Waals surface area contributed by atoms with Crippen molar-refractivity contribution in [1.29, 1.82) is 0 Å². The number of carbonyl (C=O) groups excluding carboxylic acids is 1. The monoisotopic (exact) mass is 207 g/mol. The van der Waals surface area contributed by atoms with Crippen LogP contribution in [0.2, 0.25) is 0 Å². The van der Waals surface area contributed by atoms with Crippen molar-refractivity contribution in [2.45, 2.75) is 20.8 Å². The lowest BCUT2D eigenvalue weighted by Gasteiger charge is -2.18. The number of nitrogens with two attached hydrogens (primary N) is 1. The molecule has 0 spiro atoms. The van der Waals surface area contributed by atoms with E-state index in [9.17, 15) is 4.79 Å². The van der Waals surface area contributed by atoms with Crippen LogP contribution in [-0.2, 0) is 0 Å². The number of pyridine rings is 1. The van der Waals surface area contributed by atoms with Crippen LogP contribution in [0.5, 0.6) is 0 Å². The van der Waals surface area contributed by atoms with Gasteiger partial charge >= 0.3 is 0 Å². The van der Waals surface area contributed by atoms with E-state index in [0.29, 0.717) is 17.9 Å². The van der Waals surface area contributed by atoms with Gasteiger partial charge in [-0.1, -0.05) is 20.8 Å². The molecule has 1 aromatic heterocycles. The molecular formula is C11H17N3O. The van der Waals surface area contributed by atoms with Crippen LogP contribution in [0.15, 0.2) is 18.3 Å². The van der Waals surface area contributed by atoms with Gasteiger partial charge in [0.2, 0.25) is 0 Å². The molecule has 0 bridgehead atoms. The number of hydrogen-bond acceptors (Lipinski definition) is 3. The Bertz CT molecular complexity index is 355. The fraction of sp³-hybridized carbons (Fsp3) is 0.455. The van der Waals surface area contributed by atoms with Gasteiger partial charge in [-0.3, -0.25) is 4.79 Å². The highest BCUT2D eigenvalue weighted by Gasteiger charge is 2.12. The second kappa shape index (κ2) is 4.29. The largest absolute Gasteiger partial charge is 0.384 e. The van der Waals surface area contributed by atoms with Crippen molar-refractivity contribution >= 4 is 11.7 Å². The zero-order valence-electron chi connectivity index (χ0n) is 9.37. The molecule has 0 fully saturated rings. The number of aromatic nitrogens is 1. The maximum Gasteiger partial charge on any atom is 0.251 e. The number of rotatable bonds is 2. The van der Waals surface area contributed by atoms with Gasteiger partial charge in [-0.15, -0.1) is 0 Å². The van der Waals surface area contributed by atoms with E-state index in [2.05, 4.69) is 31.1 Å². The van der Waals surface area contributed by atoms with Crippen LogP contribution in [0.3, 0.4) is 0 Å². The summed E-state index contributed by atoms with van der Waals surface area (Å²) in [6.07, 6.45) is 1.53. The summed E-state index contributed by atoms with van der Waals surface area (Å²) < 4.78 is 0. The van der Waals surface area contributed by atoms with Crippen molar-refractivity contribution in [2.24, 2.45) is 5.41 Å². The smallest absolute Gasteiger partial charge is 0.251 e. The zero-order valence-corrected chi connectivity index (χ0v) is 9.37. The Morgan fingerprint density at radius 1 is 1.53 bits per heavy atom. The van der Waals surface area contributed by atoms with Gasteiger partial charge in [0.15, 0.2) is 0 Å². The van der Waals surface area contributed by atoms with Gasteiger partial charge in [0.1, 0.15) is 5.82 Å². The van der Waals surface area contributed by atoms with Gasteiger partial charge in [-0.05, 0) is 17.5 Å². The lowest BCUT2D eigenvalue weighted by Crippen LogP contribution is -2.32. The van der Waals surface area contributed by atoms with E-state index in [0.717, 1.165) is 0 Å². The number of amides is 1. The molecule has 1 amide bonds. The predicted octanol–water partition coefficient (Wildman–Crippen LogP) is 1.44. The molecule has 82 valence electrons. The topological polar surface area (TPSA) is 68.0 Å². The molecule has 0 unspecified atom stereocenters. The molecule has 4 nitrogen and oxygen atoms in total. The highest BCUT2D eigenvalue weighted by atomic mass is 16.1. The molecule has 0 aliphatic rings. The van der Waals surface area contributed by atoms with E-state index < -0.39 is 0 Å². The van der Waals surface area contributed by atoms with Gasteiger partial charge in [0, 0.05) is 18.3 Å². The van der Waals surface area contributed by atoms with E-state index >= 15 is 0 Å². The Hall–Kier alpha value is -1.58. The minimum absolute atomic E-state index is 0.0776. The van der Waals surface area contributed by atoms with Crippen LogP contribution in [0.1, 0.15) is 31.1 Å². The Labute approximate surface area is 89.9 Å². The van der Waals surface area contributed by atoms with Crippen molar-refractivity contribution in [3.63, 3.8) is 0 Å². The van der Waals surface area contributed by atoms with Crippen LogP contribution in [0, 0.1) is 5.41 Å². The summed E-state index contributed by atoms with van der Waals surface area (Å²) in [4.78, 5) is 15.5. The minimum atomic E-state index is -0.112. The summed E-state index contributed by atoms with van der Waals surface area (Å²) in [5.74, 6) is 0.248. The second-order valence-corrected chi connectivity index (χ2v) is 4.71. The number of hydrogen-bond donors (Lipinski definition) is 2. The molecule has 1 rings (SSSR count). The lowest BCUT2D eigenvalue weighted by atomic mass is 9.97. The van der Waals surface area contributed by atoms with E-state index in [1.807, 2.05) is 0 Å². The summed E-state index contributed by atoms with van der Waals surface area (Å²) in [5.41, 5.74) is 6.11. The van der Waals surface area contributed by atoms with Crippen LogP contribution in [0.4, 0.5) is 5.82 Å². The average Bonchev–Trinajstić information content (AvgIpc) is 2.13. The summed E-state index contributed by atoms with van der Waals surface area (Å²) in [6, 6.07) is 3.21. The molecular weight excluding hydrogens is 190 g/mol. The molecule has 4 heteroatoms. The standard InChI is InChI=1S/C11H17N3O/c1-11(2,3)7-14-10(15)8-4-5-13-9(12)6-8/h4-6H,7H2,1-3H3,(H2,12,13)(H,14,15). The first-order valence-corrected chi connectivity index (χ1v) is 4.88. The quantitative estimate of drug-likeness (QED) is 0.771. The summed E-state index contributed by atoms with van der Waals surface area (Å²) in [5, 5.41) is 2.84. The normalized spacial score (nSPS) is 11.1. The van der Waals surface area contributed by atoms with Crippen molar-refractivity contribution in [3.05, 3.63) is 23.9 Å². The fourth-order valence-electron chi connectivity index (χ4n) is 1.04. The lowest BCUT2D eigenvalue weighted by molar-refractivity contribution is 0.0939. The number of anilines is 1. The number of carbonyl (C=O) groups is 1. The Balaban J connectivity index is 2.62. The van der Waals surface area contributed by atoms with Crippen molar-refractivity contribution in [2.75, 3.05) is 12.3 Å². The third kappa shape index (κ3) is 3.97. The SMILES string of the molecule is CC(C)(C)CNC(=O)c1ccnc(N)c1. The molecule has 3 N–H and O–H groups in total. The molecule has 15 heavy (non-hydrogen) atoms. The second-order valence-electron chi connectivity index (χ2n) is 4.71. The Morgan fingerprint density at radius 2 is 2.20 bits per heavy atom. The van der Waals surface area contributed by atoms with Gasteiger partial charge in [0.05, 0.1) is 0 Å². The van der Waals surface area contributed by atoms with Crippen LogP contribution < -0.4 is 11.1 Å². The highest BCUT2D eigenvalue weighted by Crippen LogP contribution is 2.11. The summed E-state index contributed by atoms with van der Waals surface area (Å²) in [7, 11) is 0. The number of nitrogens with one attached hydrogen (secondary N) is 1. The van der Waals surface area contributed by atoms with E-state index in [-0.39, 0.29) is 11.3 Å². The van der Waals surface area contributed by atoms with Crippen molar-refractivity contribution in [3.8, 4) is 0 Å². The van der Waals surface area contributed by atoms with Gasteiger partial charge in [-0.2, -0.15) is 0 Å². The zero-order chi connectivity index (χ0) is 11.5. The molecule has 0 aliphatic heterocycles. The minimum Gasteiger partial charge on any atom is -0.384 e. The van der Waals surface area contributed by atoms with Gasteiger partial charge < -0.3 is 11.1 Å². The maximum atomic E-state index is 11.6.